The van der Waals surface area contributed by atoms with Gasteiger partial charge in [0.2, 0.25) is 0 Å². The van der Waals surface area contributed by atoms with Crippen LogP contribution in [0.25, 0.3) is 0 Å². The van der Waals surface area contributed by atoms with E-state index >= 15 is 0 Å². The number of aromatic amines is 1. The van der Waals surface area contributed by atoms with E-state index in [4.69, 9.17) is 12.2 Å². The summed E-state index contributed by atoms with van der Waals surface area (Å²) < 4.78 is 1.38. The predicted molar refractivity (Wildman–Crippen MR) is 81.7 cm³/mol. The van der Waals surface area contributed by atoms with Gasteiger partial charge in [-0.3, -0.25) is 14.3 Å². The van der Waals surface area contributed by atoms with Crippen LogP contribution in [0.4, 0.5) is 11.5 Å². The van der Waals surface area contributed by atoms with E-state index in [1.54, 1.807) is 0 Å². The molecule has 110 valence electrons. The Balaban J connectivity index is 2.88. The zero-order valence-electron chi connectivity index (χ0n) is 12.0. The number of anilines is 2. The molecule has 0 saturated carbocycles. The largest absolute Gasteiger partial charge is 0.383 e. The Morgan fingerprint density at radius 1 is 1.40 bits per heavy atom. The highest BCUT2D eigenvalue weighted by Crippen LogP contribution is 2.12. The Hall–Kier alpha value is -2.16. The number of nitrogens with two attached hydrogens (primary N) is 1. The summed E-state index contributed by atoms with van der Waals surface area (Å²) >= 11 is 0. The van der Waals surface area contributed by atoms with E-state index in [2.05, 4.69) is 16.2 Å². The maximum absolute atomic E-state index is 11.8. The lowest BCUT2D eigenvalue weighted by Gasteiger charge is -2.15. The molecule has 1 aromatic rings. The van der Waals surface area contributed by atoms with Crippen molar-refractivity contribution in [2.45, 2.75) is 39.7 Å². The van der Waals surface area contributed by atoms with E-state index in [0.717, 1.165) is 12.8 Å². The molecule has 6 heteroatoms. The highest BCUT2D eigenvalue weighted by molar-refractivity contribution is 5.60. The van der Waals surface area contributed by atoms with Gasteiger partial charge in [0.15, 0.2) is 0 Å². The number of nitrogens with one attached hydrogen (secondary N) is 2. The van der Waals surface area contributed by atoms with Crippen molar-refractivity contribution >= 4 is 11.5 Å². The molecule has 0 aliphatic rings. The Morgan fingerprint density at radius 2 is 2.10 bits per heavy atom. The van der Waals surface area contributed by atoms with Gasteiger partial charge in [-0.25, -0.2) is 4.79 Å². The second-order valence-corrected chi connectivity index (χ2v) is 5.11. The van der Waals surface area contributed by atoms with Gasteiger partial charge in [0, 0.05) is 19.5 Å². The topological polar surface area (TPSA) is 92.9 Å². The predicted octanol–water partition coefficient (Wildman–Crippen LogP) is 0.990. The number of terminal acetylenes is 1. The molecule has 0 saturated heterocycles. The molecule has 1 aromatic heterocycles. The molecule has 1 rings (SSSR count). The van der Waals surface area contributed by atoms with E-state index < -0.39 is 11.2 Å². The first kappa shape index (κ1) is 15.9. The molecule has 0 spiro atoms. The van der Waals surface area contributed by atoms with Gasteiger partial charge in [-0.15, -0.1) is 12.3 Å². The van der Waals surface area contributed by atoms with Crippen LogP contribution in [0.2, 0.25) is 0 Å². The van der Waals surface area contributed by atoms with Gasteiger partial charge in [-0.1, -0.05) is 13.8 Å². The second kappa shape index (κ2) is 7.43. The Bertz CT molecular complexity index is 593. The van der Waals surface area contributed by atoms with Crippen LogP contribution in [0, 0.1) is 18.3 Å². The summed E-state index contributed by atoms with van der Waals surface area (Å²) in [5, 5.41) is 2.98. The van der Waals surface area contributed by atoms with Crippen molar-refractivity contribution in [3.05, 3.63) is 20.8 Å². The molecule has 6 nitrogen and oxygen atoms in total. The monoisotopic (exact) mass is 278 g/mol. The zero-order chi connectivity index (χ0) is 15.1. The normalized spacial score (nSPS) is 10.5. The van der Waals surface area contributed by atoms with E-state index in [-0.39, 0.29) is 17.4 Å². The van der Waals surface area contributed by atoms with Crippen LogP contribution < -0.4 is 22.3 Å². The molecule has 0 unspecified atom stereocenters. The maximum atomic E-state index is 11.8. The van der Waals surface area contributed by atoms with Crippen molar-refractivity contribution in [2.24, 2.45) is 5.92 Å². The minimum Gasteiger partial charge on any atom is -0.383 e. The van der Waals surface area contributed by atoms with Gasteiger partial charge in [-0.05, 0) is 18.8 Å². The van der Waals surface area contributed by atoms with Gasteiger partial charge in [0.05, 0.1) is 0 Å². The first-order valence-electron chi connectivity index (χ1n) is 6.77. The zero-order valence-corrected chi connectivity index (χ0v) is 12.0. The minimum atomic E-state index is -0.482. The van der Waals surface area contributed by atoms with Crippen LogP contribution in [0.3, 0.4) is 0 Å². The van der Waals surface area contributed by atoms with Crippen LogP contribution in [0.5, 0.6) is 0 Å². The summed E-state index contributed by atoms with van der Waals surface area (Å²) in [4.78, 5) is 25.8. The van der Waals surface area contributed by atoms with Crippen LogP contribution in [0.15, 0.2) is 9.59 Å². The average molecular weight is 278 g/mol. The van der Waals surface area contributed by atoms with E-state index in [1.807, 2.05) is 13.8 Å². The lowest BCUT2D eigenvalue weighted by Crippen LogP contribution is -2.35. The van der Waals surface area contributed by atoms with Crippen LogP contribution in [-0.4, -0.2) is 16.1 Å². The molecule has 20 heavy (non-hydrogen) atoms. The molecule has 0 aliphatic carbocycles. The quantitative estimate of drug-likeness (QED) is 0.512. The standard InChI is InChI=1S/C14H22N4O2/c1-4-5-6-7-8-16-11-12(15)18(9-10(2)3)14(20)17-13(11)19/h1,10,16H,5-9,15H2,2-3H3,(H,17,19,20). The van der Waals surface area contributed by atoms with E-state index in [0.29, 0.717) is 19.5 Å². The summed E-state index contributed by atoms with van der Waals surface area (Å²) in [5.74, 6) is 3.00. The molecule has 1 heterocycles. The maximum Gasteiger partial charge on any atom is 0.330 e. The molecular weight excluding hydrogens is 256 g/mol. The third kappa shape index (κ3) is 4.19. The summed E-state index contributed by atoms with van der Waals surface area (Å²) in [6.07, 6.45) is 7.60. The van der Waals surface area contributed by atoms with Crippen molar-refractivity contribution in [3.8, 4) is 12.3 Å². The smallest absolute Gasteiger partial charge is 0.330 e. The average Bonchev–Trinajstić information content (AvgIpc) is 2.37. The third-order valence-electron chi connectivity index (χ3n) is 2.84. The first-order valence-corrected chi connectivity index (χ1v) is 6.77. The van der Waals surface area contributed by atoms with Gasteiger partial charge in [0.25, 0.3) is 5.56 Å². The molecule has 0 radical (unpaired) electrons. The lowest BCUT2D eigenvalue weighted by molar-refractivity contribution is 0.508. The number of aromatic nitrogens is 2. The fraction of sp³-hybridized carbons (Fsp3) is 0.571. The van der Waals surface area contributed by atoms with Crippen molar-refractivity contribution in [1.29, 1.82) is 0 Å². The van der Waals surface area contributed by atoms with E-state index in [9.17, 15) is 9.59 Å². The Labute approximate surface area is 118 Å². The summed E-state index contributed by atoms with van der Waals surface area (Å²) in [6.45, 7) is 5.01. The molecule has 0 aromatic carbocycles. The van der Waals surface area contributed by atoms with Crippen molar-refractivity contribution in [3.63, 3.8) is 0 Å². The number of rotatable bonds is 7. The summed E-state index contributed by atoms with van der Waals surface area (Å²) in [5.41, 5.74) is 5.22. The van der Waals surface area contributed by atoms with Gasteiger partial charge < -0.3 is 11.1 Å². The molecule has 0 atom stereocenters. The number of hydrogen-bond donors (Lipinski definition) is 3. The number of unbranched alkanes of at least 4 members (excludes halogenated alkanes) is 2. The minimum absolute atomic E-state index is 0.185. The van der Waals surface area contributed by atoms with Crippen molar-refractivity contribution in [2.75, 3.05) is 17.6 Å². The molecule has 0 aliphatic heterocycles. The van der Waals surface area contributed by atoms with Gasteiger partial charge in [-0.2, -0.15) is 0 Å². The highest BCUT2D eigenvalue weighted by atomic mass is 16.2. The van der Waals surface area contributed by atoms with Crippen molar-refractivity contribution in [1.82, 2.24) is 9.55 Å². The first-order chi connectivity index (χ1) is 9.47. The van der Waals surface area contributed by atoms with Crippen LogP contribution in [0.1, 0.15) is 33.1 Å². The molecular formula is C14H22N4O2. The van der Waals surface area contributed by atoms with Crippen molar-refractivity contribution < 1.29 is 0 Å². The summed E-state index contributed by atoms with van der Waals surface area (Å²) in [6, 6.07) is 0. The Kier molecular flexibility index (Phi) is 5.91. The summed E-state index contributed by atoms with van der Waals surface area (Å²) in [7, 11) is 0. The van der Waals surface area contributed by atoms with E-state index in [1.165, 1.54) is 4.57 Å². The third-order valence-corrected chi connectivity index (χ3v) is 2.84. The SMILES string of the molecule is C#CCCCCNc1c(N)n(CC(C)C)c(=O)[nH]c1=O. The van der Waals surface area contributed by atoms with Gasteiger partial charge >= 0.3 is 5.69 Å². The second-order valence-electron chi connectivity index (χ2n) is 5.11. The molecule has 4 N–H and O–H groups in total. The molecule has 0 amide bonds. The van der Waals surface area contributed by atoms with Gasteiger partial charge in [0.1, 0.15) is 11.5 Å². The highest BCUT2D eigenvalue weighted by Gasteiger charge is 2.12. The molecule has 0 bridgehead atoms. The fourth-order valence-electron chi connectivity index (χ4n) is 1.87. The molecule has 0 fully saturated rings. The van der Waals surface area contributed by atoms with Crippen LogP contribution in [-0.2, 0) is 6.54 Å². The Morgan fingerprint density at radius 3 is 2.70 bits per heavy atom. The number of H-pyrrole nitrogens is 1. The number of nitrogens with zero attached hydrogens (tertiary/aromatic N) is 1. The fourth-order valence-corrected chi connectivity index (χ4v) is 1.87. The lowest BCUT2D eigenvalue weighted by atomic mass is 10.2. The number of nitrogen functional groups attached to an aromatic ring is 1. The number of hydrogen-bond acceptors (Lipinski definition) is 4. The van der Waals surface area contributed by atoms with Crippen LogP contribution >= 0.6 is 0 Å².